The van der Waals surface area contributed by atoms with Crippen molar-refractivity contribution in [2.24, 2.45) is 0 Å². The van der Waals surface area contributed by atoms with Crippen molar-refractivity contribution < 1.29 is 13.2 Å². The molecule has 2 aromatic carbocycles. The normalized spacial score (nSPS) is 18.1. The second-order valence-corrected chi connectivity index (χ2v) is 10.0. The van der Waals surface area contributed by atoms with Gasteiger partial charge in [0.1, 0.15) is 0 Å². The van der Waals surface area contributed by atoms with Crippen LogP contribution in [0.15, 0.2) is 54.6 Å². The number of rotatable bonds is 8. The van der Waals surface area contributed by atoms with Crippen molar-refractivity contribution in [2.45, 2.75) is 38.8 Å². The van der Waals surface area contributed by atoms with E-state index in [9.17, 15) is 13.2 Å². The number of hydrogen-bond donors (Lipinski definition) is 1. The van der Waals surface area contributed by atoms with Crippen molar-refractivity contribution in [2.75, 3.05) is 19.6 Å². The number of nitrogens with zero attached hydrogens (tertiary/aromatic N) is 2. The third-order valence-electron chi connectivity index (χ3n) is 5.15. The van der Waals surface area contributed by atoms with Gasteiger partial charge in [0.15, 0.2) is 0 Å². The summed E-state index contributed by atoms with van der Waals surface area (Å²) in [6.45, 7) is 2.80. The van der Waals surface area contributed by atoms with Crippen LogP contribution < -0.4 is 5.32 Å². The van der Waals surface area contributed by atoms with Gasteiger partial charge in [-0.25, -0.2) is 0 Å². The van der Waals surface area contributed by atoms with Gasteiger partial charge in [0.05, 0.1) is 6.54 Å². The lowest BCUT2D eigenvalue weighted by molar-refractivity contribution is -0.122. The highest BCUT2D eigenvalue weighted by molar-refractivity contribution is 7.86. The third kappa shape index (κ3) is 6.28. The summed E-state index contributed by atoms with van der Waals surface area (Å²) in [4.78, 5) is 12.5. The molecule has 1 fully saturated rings. The summed E-state index contributed by atoms with van der Waals surface area (Å²) in [6.07, 6.45) is 2.33. The predicted molar refractivity (Wildman–Crippen MR) is 119 cm³/mol. The first-order valence-electron chi connectivity index (χ1n) is 10.2. The number of carbonyl (C=O) groups is 1. The van der Waals surface area contributed by atoms with E-state index in [1.807, 2.05) is 31.2 Å². The largest absolute Gasteiger partial charge is 0.352 e. The molecule has 0 radical (unpaired) electrons. The highest BCUT2D eigenvalue weighted by Gasteiger charge is 2.34. The number of hydrogen-bond acceptors (Lipinski definition) is 3. The van der Waals surface area contributed by atoms with E-state index in [0.717, 1.165) is 18.4 Å². The van der Waals surface area contributed by atoms with Crippen molar-refractivity contribution in [3.63, 3.8) is 0 Å². The molecule has 1 saturated heterocycles. The lowest BCUT2D eigenvalue weighted by atomic mass is 10.1. The Balaban J connectivity index is 1.53. The van der Waals surface area contributed by atoms with Gasteiger partial charge in [0.25, 0.3) is 10.2 Å². The fraction of sp³-hybridized carbons (Fsp3) is 0.409. The van der Waals surface area contributed by atoms with Crippen LogP contribution in [-0.2, 0) is 28.0 Å². The van der Waals surface area contributed by atoms with Crippen molar-refractivity contribution >= 4 is 27.7 Å². The monoisotopic (exact) mass is 449 g/mol. The Bertz CT molecular complexity index is 953. The number of carbonyl (C=O) groups excluding carboxylic acids is 1. The summed E-state index contributed by atoms with van der Waals surface area (Å²) in [5, 5.41) is 3.50. The van der Waals surface area contributed by atoms with Crippen LogP contribution in [0.25, 0.3) is 0 Å². The molecule has 30 heavy (non-hydrogen) atoms. The predicted octanol–water partition coefficient (Wildman–Crippen LogP) is 3.23. The molecule has 6 nitrogen and oxygen atoms in total. The van der Waals surface area contributed by atoms with Crippen molar-refractivity contribution in [3.8, 4) is 0 Å². The lowest BCUT2D eigenvalue weighted by Gasteiger charge is -2.34. The van der Waals surface area contributed by atoms with Crippen LogP contribution in [0.5, 0.6) is 0 Å². The Kier molecular flexibility index (Phi) is 7.88. The molecule has 1 heterocycles. The SMILES string of the molecule is C[C@H](CCc1ccccc1)NC(=O)CN1CCCN(Cc2cccc(Cl)c2)S1(=O)=O. The summed E-state index contributed by atoms with van der Waals surface area (Å²) < 4.78 is 28.6. The van der Waals surface area contributed by atoms with Gasteiger partial charge >= 0.3 is 0 Å². The first-order chi connectivity index (χ1) is 14.3. The molecule has 1 atom stereocenters. The van der Waals surface area contributed by atoms with Gasteiger partial charge in [0.2, 0.25) is 5.91 Å². The molecule has 3 rings (SSSR count). The third-order valence-corrected chi connectivity index (χ3v) is 7.32. The molecular weight excluding hydrogens is 422 g/mol. The molecule has 162 valence electrons. The van der Waals surface area contributed by atoms with Crippen molar-refractivity contribution in [3.05, 3.63) is 70.7 Å². The summed E-state index contributed by atoms with van der Waals surface area (Å²) in [5.41, 5.74) is 2.04. The maximum absolute atomic E-state index is 13.0. The second-order valence-electron chi connectivity index (χ2n) is 7.65. The van der Waals surface area contributed by atoms with Gasteiger partial charge in [-0.2, -0.15) is 17.0 Å². The molecule has 1 aliphatic heterocycles. The minimum absolute atomic E-state index is 0.0345. The maximum atomic E-state index is 13.0. The number of amides is 1. The van der Waals surface area contributed by atoms with E-state index in [1.165, 1.54) is 14.2 Å². The first-order valence-corrected chi connectivity index (χ1v) is 11.9. The molecule has 0 aromatic heterocycles. The molecule has 1 N–H and O–H groups in total. The highest BCUT2D eigenvalue weighted by atomic mass is 35.5. The van der Waals surface area contributed by atoms with Crippen LogP contribution in [0.3, 0.4) is 0 Å². The molecular formula is C22H28ClN3O3S. The van der Waals surface area contributed by atoms with E-state index in [0.29, 0.717) is 24.5 Å². The Hall–Kier alpha value is -1.93. The molecule has 8 heteroatoms. The van der Waals surface area contributed by atoms with E-state index in [1.54, 1.807) is 18.2 Å². The molecule has 0 aliphatic carbocycles. The Morgan fingerprint density at radius 3 is 2.50 bits per heavy atom. The Morgan fingerprint density at radius 1 is 1.07 bits per heavy atom. The van der Waals surface area contributed by atoms with Gasteiger partial charge in [-0.05, 0) is 49.4 Å². The zero-order valence-electron chi connectivity index (χ0n) is 17.1. The number of nitrogens with one attached hydrogen (secondary N) is 1. The molecule has 0 saturated carbocycles. The fourth-order valence-corrected chi connectivity index (χ4v) is 5.41. The standard InChI is InChI=1S/C22H28ClN3O3S/c1-18(11-12-19-7-3-2-4-8-19)24-22(27)17-26-14-6-13-25(30(26,28)29)16-20-9-5-10-21(23)15-20/h2-5,7-10,15,18H,6,11-14,16-17H2,1H3,(H,24,27)/t18-/m1/s1. The second kappa shape index (κ2) is 10.4. The minimum atomic E-state index is -3.70. The van der Waals surface area contributed by atoms with E-state index in [2.05, 4.69) is 17.4 Å². The zero-order valence-corrected chi connectivity index (χ0v) is 18.7. The number of halogens is 1. The van der Waals surface area contributed by atoms with Gasteiger partial charge in [-0.15, -0.1) is 0 Å². The molecule has 0 bridgehead atoms. The zero-order chi connectivity index (χ0) is 21.6. The van der Waals surface area contributed by atoms with Crippen LogP contribution in [0.4, 0.5) is 0 Å². The van der Waals surface area contributed by atoms with Gasteiger partial charge in [-0.3, -0.25) is 4.79 Å². The maximum Gasteiger partial charge on any atom is 0.282 e. The molecule has 2 aromatic rings. The summed E-state index contributed by atoms with van der Waals surface area (Å²) in [6, 6.07) is 17.2. The summed E-state index contributed by atoms with van der Waals surface area (Å²) in [7, 11) is -3.70. The molecule has 1 aliphatic rings. The Morgan fingerprint density at radius 2 is 1.77 bits per heavy atom. The van der Waals surface area contributed by atoms with Gasteiger partial charge < -0.3 is 5.32 Å². The smallest absolute Gasteiger partial charge is 0.282 e. The summed E-state index contributed by atoms with van der Waals surface area (Å²) in [5.74, 6) is -0.274. The quantitative estimate of drug-likeness (QED) is 0.672. The fourth-order valence-electron chi connectivity index (χ4n) is 3.56. The number of benzene rings is 2. The van der Waals surface area contributed by atoms with Crippen molar-refractivity contribution in [1.29, 1.82) is 0 Å². The summed E-state index contributed by atoms with van der Waals surface area (Å²) >= 11 is 6.01. The number of aryl methyl sites for hydroxylation is 1. The van der Waals surface area contributed by atoms with E-state index in [-0.39, 0.29) is 25.0 Å². The average molecular weight is 450 g/mol. The van der Waals surface area contributed by atoms with E-state index in [4.69, 9.17) is 11.6 Å². The van der Waals surface area contributed by atoms with Gasteiger partial charge in [-0.1, -0.05) is 54.1 Å². The minimum Gasteiger partial charge on any atom is -0.352 e. The van der Waals surface area contributed by atoms with E-state index >= 15 is 0 Å². The van der Waals surface area contributed by atoms with Crippen LogP contribution in [0.1, 0.15) is 30.9 Å². The first kappa shape index (κ1) is 22.7. The van der Waals surface area contributed by atoms with Crippen LogP contribution in [-0.4, -0.2) is 48.6 Å². The molecule has 0 unspecified atom stereocenters. The highest BCUT2D eigenvalue weighted by Crippen LogP contribution is 2.20. The van der Waals surface area contributed by atoms with Crippen LogP contribution >= 0.6 is 11.6 Å². The Labute approximate surface area is 184 Å². The van der Waals surface area contributed by atoms with Crippen LogP contribution in [0.2, 0.25) is 5.02 Å². The average Bonchev–Trinajstić information content (AvgIpc) is 2.70. The molecule has 1 amide bonds. The van der Waals surface area contributed by atoms with Crippen LogP contribution in [0, 0.1) is 0 Å². The topological polar surface area (TPSA) is 69.7 Å². The lowest BCUT2D eigenvalue weighted by Crippen LogP contribution is -2.52. The van der Waals surface area contributed by atoms with Gasteiger partial charge in [0, 0.05) is 30.7 Å². The van der Waals surface area contributed by atoms with E-state index < -0.39 is 10.2 Å². The van der Waals surface area contributed by atoms with Crippen molar-refractivity contribution in [1.82, 2.24) is 13.9 Å². The molecule has 0 spiro atoms.